The molecule has 0 aromatic carbocycles. The van der Waals surface area contributed by atoms with Crippen molar-refractivity contribution in [2.24, 2.45) is 0 Å². The Labute approximate surface area is 123 Å². The second-order valence-corrected chi connectivity index (χ2v) is 5.88. The van der Waals surface area contributed by atoms with Crippen molar-refractivity contribution >= 4 is 28.2 Å². The van der Waals surface area contributed by atoms with E-state index in [1.807, 2.05) is 21.0 Å². The van der Waals surface area contributed by atoms with Crippen molar-refractivity contribution in [3.8, 4) is 0 Å². The Morgan fingerprint density at radius 1 is 1.45 bits per heavy atom. The predicted octanol–water partition coefficient (Wildman–Crippen LogP) is 1.88. The first-order valence-corrected chi connectivity index (χ1v) is 7.18. The van der Waals surface area contributed by atoms with E-state index in [-0.39, 0.29) is 17.5 Å². The lowest BCUT2D eigenvalue weighted by Crippen LogP contribution is -2.22. The van der Waals surface area contributed by atoms with E-state index in [1.165, 1.54) is 25.4 Å². The highest BCUT2D eigenvalue weighted by Gasteiger charge is 2.22. The predicted molar refractivity (Wildman–Crippen MR) is 79.7 cm³/mol. The number of methoxy groups -OCH3 is 1. The van der Waals surface area contributed by atoms with Crippen LogP contribution in [0.25, 0.3) is 0 Å². The number of carbonyl (C=O) groups is 2. The van der Waals surface area contributed by atoms with Crippen LogP contribution >= 0.6 is 11.3 Å². The van der Waals surface area contributed by atoms with Gasteiger partial charge in [0.2, 0.25) is 0 Å². The summed E-state index contributed by atoms with van der Waals surface area (Å²) in [6, 6.07) is 0.203. The molecular weight excluding hydrogens is 278 g/mol. The van der Waals surface area contributed by atoms with Gasteiger partial charge < -0.3 is 15.0 Å². The second-order valence-electron chi connectivity index (χ2n) is 4.88. The number of anilines is 1. The number of carbonyl (C=O) groups excluding carboxylic acids is 2. The molecule has 0 saturated carbocycles. The van der Waals surface area contributed by atoms with Crippen LogP contribution in [0.4, 0.5) is 5.13 Å². The quantitative estimate of drug-likeness (QED) is 0.612. The standard InChI is InChI=1S/C13H21N3O3S/c1-8(6-7-16(3)4)14-13-15-10(12(18)19-5)11(20-13)9(2)17/h8H,6-7H2,1-5H3,(H,14,15). The fourth-order valence-corrected chi connectivity index (χ4v) is 2.55. The van der Waals surface area contributed by atoms with Crippen molar-refractivity contribution in [2.75, 3.05) is 33.1 Å². The number of esters is 1. The maximum absolute atomic E-state index is 11.6. The molecule has 0 bridgehead atoms. The van der Waals surface area contributed by atoms with Gasteiger partial charge in [0, 0.05) is 13.0 Å². The Morgan fingerprint density at radius 2 is 2.10 bits per heavy atom. The molecule has 0 fully saturated rings. The van der Waals surface area contributed by atoms with E-state index in [0.29, 0.717) is 10.0 Å². The average molecular weight is 299 g/mol. The first-order chi connectivity index (χ1) is 9.35. The minimum Gasteiger partial charge on any atom is -0.464 e. The van der Waals surface area contributed by atoms with Gasteiger partial charge >= 0.3 is 5.97 Å². The SMILES string of the molecule is COC(=O)c1nc(NC(C)CCN(C)C)sc1C(C)=O. The summed E-state index contributed by atoms with van der Waals surface area (Å²) in [6.07, 6.45) is 0.940. The van der Waals surface area contributed by atoms with Crippen LogP contribution in [0.2, 0.25) is 0 Å². The van der Waals surface area contributed by atoms with Gasteiger partial charge in [-0.1, -0.05) is 11.3 Å². The lowest BCUT2D eigenvalue weighted by Gasteiger charge is -2.15. The molecule has 1 N–H and O–H groups in total. The van der Waals surface area contributed by atoms with Crippen molar-refractivity contribution in [1.29, 1.82) is 0 Å². The highest BCUT2D eigenvalue weighted by Crippen LogP contribution is 2.25. The molecule has 1 heterocycles. The van der Waals surface area contributed by atoms with Gasteiger partial charge in [0.05, 0.1) is 7.11 Å². The van der Waals surface area contributed by atoms with E-state index in [2.05, 4.69) is 19.9 Å². The Morgan fingerprint density at radius 3 is 2.60 bits per heavy atom. The number of thiazole rings is 1. The van der Waals surface area contributed by atoms with Crippen molar-refractivity contribution < 1.29 is 14.3 Å². The van der Waals surface area contributed by atoms with Gasteiger partial charge in [0.15, 0.2) is 16.6 Å². The minimum atomic E-state index is -0.583. The highest BCUT2D eigenvalue weighted by molar-refractivity contribution is 7.17. The Kier molecular flexibility index (Phi) is 6.09. The number of hydrogen-bond donors (Lipinski definition) is 1. The normalized spacial score (nSPS) is 12.3. The van der Waals surface area contributed by atoms with E-state index < -0.39 is 5.97 Å². The summed E-state index contributed by atoms with van der Waals surface area (Å²) < 4.78 is 4.64. The molecule has 1 aromatic rings. The molecule has 112 valence electrons. The molecule has 7 heteroatoms. The number of ketones is 1. The van der Waals surface area contributed by atoms with Crippen molar-refractivity contribution in [3.05, 3.63) is 10.6 Å². The third-order valence-corrected chi connectivity index (χ3v) is 3.79. The second kappa shape index (κ2) is 7.35. The van der Waals surface area contributed by atoms with E-state index in [1.54, 1.807) is 0 Å². The van der Waals surface area contributed by atoms with E-state index >= 15 is 0 Å². The van der Waals surface area contributed by atoms with Crippen LogP contribution in [0, 0.1) is 0 Å². The molecule has 1 rings (SSSR count). The van der Waals surface area contributed by atoms with Crippen LogP contribution in [0.1, 0.15) is 40.4 Å². The molecular formula is C13H21N3O3S. The average Bonchev–Trinajstić information content (AvgIpc) is 2.79. The lowest BCUT2D eigenvalue weighted by molar-refractivity contribution is 0.0591. The number of hydrogen-bond acceptors (Lipinski definition) is 7. The molecule has 0 saturated heterocycles. The van der Waals surface area contributed by atoms with Gasteiger partial charge in [0.25, 0.3) is 0 Å². The first-order valence-electron chi connectivity index (χ1n) is 6.36. The van der Waals surface area contributed by atoms with Gasteiger partial charge in [0.1, 0.15) is 4.88 Å². The van der Waals surface area contributed by atoms with Crippen LogP contribution < -0.4 is 5.32 Å². The van der Waals surface area contributed by atoms with Crippen molar-refractivity contribution in [3.63, 3.8) is 0 Å². The molecule has 6 nitrogen and oxygen atoms in total. The zero-order valence-electron chi connectivity index (χ0n) is 12.5. The van der Waals surface area contributed by atoms with Gasteiger partial charge in [-0.25, -0.2) is 9.78 Å². The van der Waals surface area contributed by atoms with Gasteiger partial charge in [-0.2, -0.15) is 0 Å². The zero-order chi connectivity index (χ0) is 15.3. The van der Waals surface area contributed by atoms with Crippen LogP contribution in [-0.4, -0.2) is 55.4 Å². The van der Waals surface area contributed by atoms with Gasteiger partial charge in [-0.05, 0) is 34.0 Å². The van der Waals surface area contributed by atoms with Crippen LogP contribution in [-0.2, 0) is 4.74 Å². The molecule has 0 aliphatic carbocycles. The molecule has 0 aliphatic rings. The molecule has 1 aromatic heterocycles. The molecule has 0 amide bonds. The smallest absolute Gasteiger partial charge is 0.358 e. The first kappa shape index (κ1) is 16.6. The molecule has 1 unspecified atom stereocenters. The van der Waals surface area contributed by atoms with Crippen LogP contribution in [0.15, 0.2) is 0 Å². The minimum absolute atomic E-state index is 0.0901. The largest absolute Gasteiger partial charge is 0.464 e. The summed E-state index contributed by atoms with van der Waals surface area (Å²) in [7, 11) is 5.30. The zero-order valence-corrected chi connectivity index (χ0v) is 13.3. The summed E-state index contributed by atoms with van der Waals surface area (Å²) in [6.45, 7) is 4.40. The maximum atomic E-state index is 11.6. The van der Waals surface area contributed by atoms with Crippen molar-refractivity contribution in [1.82, 2.24) is 9.88 Å². The summed E-state index contributed by atoms with van der Waals surface area (Å²) in [5.74, 6) is -0.766. The molecule has 0 spiro atoms. The number of nitrogens with zero attached hydrogens (tertiary/aromatic N) is 2. The monoisotopic (exact) mass is 299 g/mol. The molecule has 0 radical (unpaired) electrons. The van der Waals surface area contributed by atoms with Crippen LogP contribution in [0.5, 0.6) is 0 Å². The third-order valence-electron chi connectivity index (χ3n) is 2.70. The summed E-state index contributed by atoms with van der Waals surface area (Å²) in [4.78, 5) is 29.7. The van der Waals surface area contributed by atoms with Crippen LogP contribution in [0.3, 0.4) is 0 Å². The van der Waals surface area contributed by atoms with Gasteiger partial charge in [-0.15, -0.1) is 0 Å². The highest BCUT2D eigenvalue weighted by atomic mass is 32.1. The number of rotatable bonds is 7. The third kappa shape index (κ3) is 4.57. The van der Waals surface area contributed by atoms with Gasteiger partial charge in [-0.3, -0.25) is 4.79 Å². The number of nitrogens with one attached hydrogen (secondary N) is 1. The Hall–Kier alpha value is -1.47. The maximum Gasteiger partial charge on any atom is 0.358 e. The summed E-state index contributed by atoms with van der Waals surface area (Å²) in [5, 5.41) is 3.78. The molecule has 20 heavy (non-hydrogen) atoms. The van der Waals surface area contributed by atoms with E-state index in [4.69, 9.17) is 0 Å². The fraction of sp³-hybridized carbons (Fsp3) is 0.615. The molecule has 0 aliphatic heterocycles. The Balaban J connectivity index is 2.81. The number of aromatic nitrogens is 1. The summed E-state index contributed by atoms with van der Waals surface area (Å²) >= 11 is 1.19. The number of Topliss-reactive ketones (excluding diaryl/α,β-unsaturated/α-hetero) is 1. The topological polar surface area (TPSA) is 71.5 Å². The van der Waals surface area contributed by atoms with E-state index in [9.17, 15) is 9.59 Å². The molecule has 1 atom stereocenters. The Bertz CT molecular complexity index is 485. The fourth-order valence-electron chi connectivity index (χ4n) is 1.59. The van der Waals surface area contributed by atoms with Crippen molar-refractivity contribution in [2.45, 2.75) is 26.3 Å². The number of ether oxygens (including phenoxy) is 1. The summed E-state index contributed by atoms with van der Waals surface area (Å²) in [5.41, 5.74) is 0.0901. The van der Waals surface area contributed by atoms with E-state index in [0.717, 1.165) is 13.0 Å². The lowest BCUT2D eigenvalue weighted by atomic mass is 10.2.